The first-order valence-electron chi connectivity index (χ1n) is 11.4. The first-order chi connectivity index (χ1) is 17.0. The smallest absolute Gasteiger partial charge is 0.327 e. The molecule has 9 N–H and O–H groups in total. The van der Waals surface area contributed by atoms with Crippen molar-refractivity contribution in [3.05, 3.63) is 0 Å². The summed E-state index contributed by atoms with van der Waals surface area (Å²) in [5, 5.41) is 23.1. The molecular weight excluding hydrogens is 510 g/mol. The molecule has 15 nitrogen and oxygen atoms in total. The maximum Gasteiger partial charge on any atom is 0.327 e. The number of thiol groups is 1. The number of nitrogens with two attached hydrogens (primary N) is 1. The summed E-state index contributed by atoms with van der Waals surface area (Å²) in [6, 6.07) is -7.35. The van der Waals surface area contributed by atoms with Crippen molar-refractivity contribution in [2.24, 2.45) is 5.73 Å². The lowest BCUT2D eigenvalue weighted by Crippen LogP contribution is -2.57. The van der Waals surface area contributed by atoms with Crippen molar-refractivity contribution in [3.8, 4) is 0 Å². The third-order valence-corrected chi connectivity index (χ3v) is 5.34. The summed E-state index contributed by atoms with van der Waals surface area (Å²) in [4.78, 5) is 83.9. The van der Waals surface area contributed by atoms with Crippen LogP contribution in [0.4, 0.5) is 0 Å². The lowest BCUT2D eigenvalue weighted by atomic mass is 10.2. The predicted molar refractivity (Wildman–Crippen MR) is 135 cm³/mol. The Morgan fingerprint density at radius 2 is 0.811 bits per heavy atom. The minimum absolute atomic E-state index is 0.150. The van der Waals surface area contributed by atoms with Gasteiger partial charge < -0.3 is 42.7 Å². The van der Waals surface area contributed by atoms with Gasteiger partial charge in [-0.15, -0.1) is 0 Å². The maximum atomic E-state index is 12.4. The van der Waals surface area contributed by atoms with Crippen molar-refractivity contribution in [3.63, 3.8) is 0 Å². The van der Waals surface area contributed by atoms with E-state index in [1.807, 2.05) is 0 Å². The highest BCUT2D eigenvalue weighted by atomic mass is 32.1. The molecule has 0 bridgehead atoms. The largest absolute Gasteiger partial charge is 0.480 e. The van der Waals surface area contributed by atoms with Gasteiger partial charge in [0.25, 0.3) is 0 Å². The molecule has 0 rings (SSSR count). The summed E-state index contributed by atoms with van der Waals surface area (Å²) >= 11 is 3.84. The maximum absolute atomic E-state index is 12.4. The number of carboxylic acid groups (broad SMARTS) is 1. The molecule has 37 heavy (non-hydrogen) atoms. The summed E-state index contributed by atoms with van der Waals surface area (Å²) in [5.41, 5.74) is 5.43. The zero-order valence-electron chi connectivity index (χ0n) is 21.6. The Hall–Kier alpha value is -3.40. The highest BCUT2D eigenvalue weighted by Crippen LogP contribution is 1.95. The van der Waals surface area contributed by atoms with Crippen molar-refractivity contribution in [1.82, 2.24) is 31.9 Å². The standard InChI is InChI=1S/C21H37N7O8S/c1-8(22)15(29)23-9(2)16(30)24-10(3)17(31)25-11(4)18(32)26-12(5)19(33)27-13(6)20(34)28-14(7-37)21(35)36/h8-14,37H,7,22H2,1-6H3,(H,23,29)(H,24,30)(H,25,31)(H,26,32)(H,27,33)(H,28,34)(H,35,36)/t8-,9-,10-,11-,12-,13-,14-/m0/s1. The second kappa shape index (κ2) is 15.7. The van der Waals surface area contributed by atoms with Gasteiger partial charge in [0, 0.05) is 5.75 Å². The van der Waals surface area contributed by atoms with E-state index < -0.39 is 83.7 Å². The van der Waals surface area contributed by atoms with E-state index in [0.717, 1.165) is 0 Å². The van der Waals surface area contributed by atoms with Crippen LogP contribution in [0.15, 0.2) is 0 Å². The molecule has 6 amide bonds. The molecular formula is C21H37N7O8S. The van der Waals surface area contributed by atoms with Gasteiger partial charge in [-0.05, 0) is 41.5 Å². The summed E-state index contributed by atoms with van der Waals surface area (Å²) in [5.74, 6) is -5.50. The van der Waals surface area contributed by atoms with Crippen LogP contribution in [-0.4, -0.2) is 94.6 Å². The lowest BCUT2D eigenvalue weighted by Gasteiger charge is -2.23. The molecule has 0 aromatic carbocycles. The van der Waals surface area contributed by atoms with Gasteiger partial charge in [-0.3, -0.25) is 28.8 Å². The van der Waals surface area contributed by atoms with Gasteiger partial charge in [-0.1, -0.05) is 0 Å². The van der Waals surface area contributed by atoms with Crippen LogP contribution in [0.25, 0.3) is 0 Å². The van der Waals surface area contributed by atoms with Gasteiger partial charge in [0.2, 0.25) is 35.4 Å². The average molecular weight is 548 g/mol. The van der Waals surface area contributed by atoms with Gasteiger partial charge in [0.1, 0.15) is 36.3 Å². The number of hydrogen-bond acceptors (Lipinski definition) is 9. The zero-order chi connectivity index (χ0) is 29.0. The Morgan fingerprint density at radius 1 is 0.568 bits per heavy atom. The third-order valence-electron chi connectivity index (χ3n) is 4.97. The molecule has 0 aromatic heterocycles. The highest BCUT2D eigenvalue weighted by Gasteiger charge is 2.27. The number of nitrogens with one attached hydrogen (secondary N) is 6. The van der Waals surface area contributed by atoms with Gasteiger partial charge >= 0.3 is 5.97 Å². The van der Waals surface area contributed by atoms with Crippen LogP contribution in [0.2, 0.25) is 0 Å². The number of rotatable bonds is 14. The third kappa shape index (κ3) is 11.9. The van der Waals surface area contributed by atoms with E-state index in [0.29, 0.717) is 0 Å². The SMILES string of the molecule is C[C@H](N)C(=O)N[C@@H](C)C(=O)N[C@@H](C)C(=O)N[C@@H](C)C(=O)N[C@@H](C)C(=O)N[C@@H](C)C(=O)N[C@@H](CS)C(=O)O. The van der Waals surface area contributed by atoms with Crippen LogP contribution in [0, 0.1) is 0 Å². The molecule has 0 radical (unpaired) electrons. The fraction of sp³-hybridized carbons (Fsp3) is 0.667. The van der Waals surface area contributed by atoms with Gasteiger partial charge in [0.05, 0.1) is 6.04 Å². The molecule has 7 atom stereocenters. The minimum Gasteiger partial charge on any atom is -0.480 e. The van der Waals surface area contributed by atoms with E-state index in [2.05, 4.69) is 44.5 Å². The number of carbonyl (C=O) groups is 7. The van der Waals surface area contributed by atoms with Crippen LogP contribution >= 0.6 is 12.6 Å². The Morgan fingerprint density at radius 3 is 1.03 bits per heavy atom. The van der Waals surface area contributed by atoms with Crippen LogP contribution in [0.3, 0.4) is 0 Å². The number of aliphatic carboxylic acids is 1. The molecule has 0 aliphatic carbocycles. The quantitative estimate of drug-likeness (QED) is 0.0973. The normalized spacial score (nSPS) is 16.3. The highest BCUT2D eigenvalue weighted by molar-refractivity contribution is 7.80. The van der Waals surface area contributed by atoms with Crippen molar-refractivity contribution in [1.29, 1.82) is 0 Å². The van der Waals surface area contributed by atoms with Gasteiger partial charge in [-0.25, -0.2) is 4.79 Å². The van der Waals surface area contributed by atoms with Crippen LogP contribution in [-0.2, 0) is 33.6 Å². The fourth-order valence-electron chi connectivity index (χ4n) is 2.51. The lowest BCUT2D eigenvalue weighted by molar-refractivity contribution is -0.141. The van der Waals surface area contributed by atoms with E-state index in [4.69, 9.17) is 10.8 Å². The Bertz CT molecular complexity index is 885. The molecule has 0 aliphatic rings. The first kappa shape index (κ1) is 33.6. The Kier molecular flexibility index (Phi) is 14.2. The number of hydrogen-bond donors (Lipinski definition) is 9. The van der Waals surface area contributed by atoms with Crippen LogP contribution in [0.1, 0.15) is 41.5 Å². The number of carboxylic acids is 1. The number of amides is 6. The predicted octanol–water partition coefficient (Wildman–Crippen LogP) is -3.64. The topological polar surface area (TPSA) is 238 Å². The van der Waals surface area contributed by atoms with Crippen LogP contribution < -0.4 is 37.6 Å². The van der Waals surface area contributed by atoms with Crippen LogP contribution in [0.5, 0.6) is 0 Å². The Labute approximate surface area is 220 Å². The van der Waals surface area contributed by atoms with Crippen molar-refractivity contribution >= 4 is 54.0 Å². The van der Waals surface area contributed by atoms with Crippen molar-refractivity contribution in [2.75, 3.05) is 5.75 Å². The van der Waals surface area contributed by atoms with Gasteiger partial charge in [0.15, 0.2) is 0 Å². The molecule has 0 fully saturated rings. The summed E-state index contributed by atoms with van der Waals surface area (Å²) in [7, 11) is 0. The second-order valence-electron chi connectivity index (χ2n) is 8.52. The molecule has 16 heteroatoms. The number of carbonyl (C=O) groups excluding carboxylic acids is 6. The van der Waals surface area contributed by atoms with E-state index in [9.17, 15) is 33.6 Å². The zero-order valence-corrected chi connectivity index (χ0v) is 22.5. The van der Waals surface area contributed by atoms with E-state index in [1.54, 1.807) is 0 Å². The molecule has 210 valence electrons. The molecule has 0 heterocycles. The van der Waals surface area contributed by atoms with E-state index in [-0.39, 0.29) is 5.75 Å². The van der Waals surface area contributed by atoms with E-state index >= 15 is 0 Å². The molecule has 0 saturated carbocycles. The van der Waals surface area contributed by atoms with Gasteiger partial charge in [-0.2, -0.15) is 12.6 Å². The molecule has 0 spiro atoms. The van der Waals surface area contributed by atoms with Crippen molar-refractivity contribution in [2.45, 2.75) is 83.8 Å². The first-order valence-corrected chi connectivity index (χ1v) is 12.1. The summed E-state index contributed by atoms with van der Waals surface area (Å²) in [6.07, 6.45) is 0. The molecule has 0 saturated heterocycles. The molecule has 0 unspecified atom stereocenters. The van der Waals surface area contributed by atoms with E-state index in [1.165, 1.54) is 41.5 Å². The Balaban J connectivity index is 4.74. The van der Waals surface area contributed by atoms with Crippen molar-refractivity contribution < 1.29 is 38.7 Å². The minimum atomic E-state index is -1.28. The molecule has 0 aromatic rings. The molecule has 0 aliphatic heterocycles. The fourth-order valence-corrected chi connectivity index (χ4v) is 2.76. The monoisotopic (exact) mass is 547 g/mol. The second-order valence-corrected chi connectivity index (χ2v) is 8.89. The summed E-state index contributed by atoms with van der Waals surface area (Å²) < 4.78 is 0. The summed E-state index contributed by atoms with van der Waals surface area (Å²) in [6.45, 7) is 8.28. The average Bonchev–Trinajstić information content (AvgIpc) is 2.81.